The summed E-state index contributed by atoms with van der Waals surface area (Å²) < 4.78 is 10.8. The minimum absolute atomic E-state index is 0.00137. The molecule has 1 spiro atoms. The fraction of sp³-hybridized carbons (Fsp3) is 0.524. The molecule has 1 amide bonds. The zero-order chi connectivity index (χ0) is 18.7. The van der Waals surface area contributed by atoms with Crippen molar-refractivity contribution in [2.75, 3.05) is 39.9 Å². The third-order valence-corrected chi connectivity index (χ3v) is 6.14. The molecule has 0 aromatic carbocycles. The van der Waals surface area contributed by atoms with Crippen LogP contribution in [0.1, 0.15) is 29.1 Å². The van der Waals surface area contributed by atoms with Crippen molar-refractivity contribution in [2.45, 2.75) is 19.4 Å². The van der Waals surface area contributed by atoms with Crippen LogP contribution in [-0.4, -0.2) is 60.6 Å². The van der Waals surface area contributed by atoms with E-state index < -0.39 is 0 Å². The standard InChI is InChI=1S/C21H27N3O3/c1-26-15-17-13-23(14-18-5-2-3-9-22-18)16-21(17)7-10-24(11-8-21)20(25)19-6-4-12-27-19/h2-6,9,12,17H,7-8,10-11,13-16H2,1H3. The summed E-state index contributed by atoms with van der Waals surface area (Å²) in [6, 6.07) is 9.58. The molecule has 4 heterocycles. The SMILES string of the molecule is COCC1CN(Cc2ccccn2)CC12CCN(C(=O)c1ccco1)CC2. The van der Waals surface area contributed by atoms with Gasteiger partial charge in [-0.25, -0.2) is 0 Å². The van der Waals surface area contributed by atoms with Gasteiger partial charge in [-0.05, 0) is 42.5 Å². The van der Waals surface area contributed by atoms with E-state index in [0.717, 1.165) is 57.9 Å². The first-order chi connectivity index (χ1) is 13.2. The van der Waals surface area contributed by atoms with Crippen molar-refractivity contribution in [1.82, 2.24) is 14.8 Å². The molecule has 2 aliphatic heterocycles. The maximum absolute atomic E-state index is 12.6. The normalized spacial score (nSPS) is 22.4. The summed E-state index contributed by atoms with van der Waals surface area (Å²) in [5.41, 5.74) is 1.32. The molecule has 1 unspecified atom stereocenters. The summed E-state index contributed by atoms with van der Waals surface area (Å²) in [7, 11) is 1.78. The minimum atomic E-state index is 0.00137. The van der Waals surface area contributed by atoms with Crippen molar-refractivity contribution in [1.29, 1.82) is 0 Å². The van der Waals surface area contributed by atoms with Crippen molar-refractivity contribution >= 4 is 5.91 Å². The monoisotopic (exact) mass is 369 g/mol. The van der Waals surface area contributed by atoms with Crippen LogP contribution in [0.25, 0.3) is 0 Å². The molecule has 4 rings (SSSR count). The Morgan fingerprint density at radius 1 is 1.30 bits per heavy atom. The lowest BCUT2D eigenvalue weighted by Crippen LogP contribution is -2.47. The number of piperidine rings is 1. The Labute approximate surface area is 160 Å². The molecule has 1 atom stereocenters. The van der Waals surface area contributed by atoms with Crippen molar-refractivity contribution in [3.8, 4) is 0 Å². The molecule has 0 saturated carbocycles. The molecule has 0 radical (unpaired) electrons. The van der Waals surface area contributed by atoms with E-state index in [1.807, 2.05) is 23.2 Å². The average molecular weight is 369 g/mol. The van der Waals surface area contributed by atoms with Crippen molar-refractivity contribution < 1.29 is 13.9 Å². The first kappa shape index (κ1) is 18.2. The predicted octanol–water partition coefficient (Wildman–Crippen LogP) is 2.68. The number of furan rings is 1. The van der Waals surface area contributed by atoms with Crippen LogP contribution in [0.5, 0.6) is 0 Å². The van der Waals surface area contributed by atoms with Gasteiger partial charge in [0.1, 0.15) is 0 Å². The Balaban J connectivity index is 1.42. The van der Waals surface area contributed by atoms with Gasteiger partial charge in [-0.1, -0.05) is 6.07 Å². The number of aromatic nitrogens is 1. The molecule has 2 aromatic rings. The van der Waals surface area contributed by atoms with E-state index in [0.29, 0.717) is 11.7 Å². The Hall–Kier alpha value is -2.18. The van der Waals surface area contributed by atoms with Crippen LogP contribution in [0.15, 0.2) is 47.2 Å². The molecule has 144 valence electrons. The molecule has 0 aliphatic carbocycles. The zero-order valence-electron chi connectivity index (χ0n) is 15.8. The fourth-order valence-corrected chi connectivity index (χ4v) is 4.69. The Morgan fingerprint density at radius 3 is 2.81 bits per heavy atom. The van der Waals surface area contributed by atoms with Gasteiger partial charge in [0.15, 0.2) is 5.76 Å². The molecule has 6 heteroatoms. The van der Waals surface area contributed by atoms with E-state index in [1.54, 1.807) is 25.5 Å². The topological polar surface area (TPSA) is 58.8 Å². The zero-order valence-corrected chi connectivity index (χ0v) is 15.8. The van der Waals surface area contributed by atoms with Gasteiger partial charge in [0.25, 0.3) is 5.91 Å². The largest absolute Gasteiger partial charge is 0.459 e. The number of methoxy groups -OCH3 is 1. The quantitative estimate of drug-likeness (QED) is 0.811. The van der Waals surface area contributed by atoms with Crippen molar-refractivity contribution in [3.63, 3.8) is 0 Å². The number of pyridine rings is 1. The van der Waals surface area contributed by atoms with E-state index in [2.05, 4.69) is 16.0 Å². The van der Waals surface area contributed by atoms with Gasteiger partial charge in [-0.3, -0.25) is 14.7 Å². The molecule has 6 nitrogen and oxygen atoms in total. The molecule has 2 fully saturated rings. The Morgan fingerprint density at radius 2 is 2.15 bits per heavy atom. The number of hydrogen-bond donors (Lipinski definition) is 0. The van der Waals surface area contributed by atoms with Crippen LogP contribution in [0, 0.1) is 11.3 Å². The highest BCUT2D eigenvalue weighted by atomic mass is 16.5. The van der Waals surface area contributed by atoms with E-state index in [-0.39, 0.29) is 11.3 Å². The first-order valence-corrected chi connectivity index (χ1v) is 9.64. The van der Waals surface area contributed by atoms with E-state index in [4.69, 9.17) is 9.15 Å². The third kappa shape index (κ3) is 3.77. The van der Waals surface area contributed by atoms with Crippen molar-refractivity contribution in [2.24, 2.45) is 11.3 Å². The number of rotatable bonds is 5. The summed E-state index contributed by atoms with van der Waals surface area (Å²) in [5, 5.41) is 0. The number of hydrogen-bond acceptors (Lipinski definition) is 5. The number of amides is 1. The third-order valence-electron chi connectivity index (χ3n) is 6.14. The van der Waals surface area contributed by atoms with Gasteiger partial charge in [0.05, 0.1) is 18.6 Å². The lowest BCUT2D eigenvalue weighted by atomic mass is 9.71. The maximum Gasteiger partial charge on any atom is 0.289 e. The summed E-state index contributed by atoms with van der Waals surface area (Å²) in [6.45, 7) is 5.26. The second-order valence-electron chi connectivity index (χ2n) is 7.77. The number of likely N-dealkylation sites (tertiary alicyclic amines) is 2. The molecule has 0 bridgehead atoms. The van der Waals surface area contributed by atoms with Crippen LogP contribution >= 0.6 is 0 Å². The summed E-state index contributed by atoms with van der Waals surface area (Å²) in [6.07, 6.45) is 5.42. The van der Waals surface area contributed by atoms with Crippen LogP contribution in [-0.2, 0) is 11.3 Å². The molecule has 27 heavy (non-hydrogen) atoms. The smallest absolute Gasteiger partial charge is 0.289 e. The summed E-state index contributed by atoms with van der Waals surface area (Å²) in [5.74, 6) is 0.927. The second-order valence-corrected chi connectivity index (χ2v) is 7.77. The van der Waals surface area contributed by atoms with Gasteiger partial charge < -0.3 is 14.1 Å². The van der Waals surface area contributed by atoms with Gasteiger partial charge in [0, 0.05) is 51.9 Å². The lowest BCUT2D eigenvalue weighted by Gasteiger charge is -2.42. The molecule has 2 saturated heterocycles. The average Bonchev–Trinajstić information content (AvgIpc) is 3.33. The first-order valence-electron chi connectivity index (χ1n) is 9.64. The summed E-state index contributed by atoms with van der Waals surface area (Å²) >= 11 is 0. The van der Waals surface area contributed by atoms with Crippen LogP contribution in [0.4, 0.5) is 0 Å². The van der Waals surface area contributed by atoms with Gasteiger partial charge >= 0.3 is 0 Å². The minimum Gasteiger partial charge on any atom is -0.459 e. The highest BCUT2D eigenvalue weighted by molar-refractivity contribution is 5.91. The Kier molecular flexibility index (Phi) is 5.27. The number of carbonyl (C=O) groups is 1. The fourth-order valence-electron chi connectivity index (χ4n) is 4.69. The molecule has 2 aliphatic rings. The lowest BCUT2D eigenvalue weighted by molar-refractivity contribution is 0.0306. The van der Waals surface area contributed by atoms with Crippen molar-refractivity contribution in [3.05, 3.63) is 54.2 Å². The molecule has 0 N–H and O–H groups in total. The highest BCUT2D eigenvalue weighted by Crippen LogP contribution is 2.45. The Bertz CT molecular complexity index is 739. The van der Waals surface area contributed by atoms with Crippen LogP contribution in [0.2, 0.25) is 0 Å². The van der Waals surface area contributed by atoms with Crippen LogP contribution < -0.4 is 0 Å². The molecular formula is C21H27N3O3. The maximum atomic E-state index is 12.6. The van der Waals surface area contributed by atoms with Gasteiger partial charge in [-0.15, -0.1) is 0 Å². The number of carbonyl (C=O) groups excluding carboxylic acids is 1. The van der Waals surface area contributed by atoms with E-state index >= 15 is 0 Å². The van der Waals surface area contributed by atoms with E-state index in [1.165, 1.54) is 0 Å². The second kappa shape index (κ2) is 7.82. The predicted molar refractivity (Wildman–Crippen MR) is 101 cm³/mol. The molecule has 2 aromatic heterocycles. The highest BCUT2D eigenvalue weighted by Gasteiger charge is 2.48. The number of ether oxygens (including phenoxy) is 1. The number of nitrogens with zero attached hydrogens (tertiary/aromatic N) is 3. The molecular weight excluding hydrogens is 342 g/mol. The summed E-state index contributed by atoms with van der Waals surface area (Å²) in [4.78, 5) is 21.5. The van der Waals surface area contributed by atoms with Gasteiger partial charge in [0.2, 0.25) is 0 Å². The van der Waals surface area contributed by atoms with Crippen LogP contribution in [0.3, 0.4) is 0 Å². The van der Waals surface area contributed by atoms with Gasteiger partial charge in [-0.2, -0.15) is 0 Å². The van der Waals surface area contributed by atoms with E-state index in [9.17, 15) is 4.79 Å².